The molecule has 16 aromatic carbocycles. The van der Waals surface area contributed by atoms with Gasteiger partial charge in [0, 0.05) is 66.2 Å². The highest BCUT2D eigenvalue weighted by molar-refractivity contribution is 7.85. The van der Waals surface area contributed by atoms with Crippen molar-refractivity contribution >= 4 is 111 Å². The molecule has 0 bridgehead atoms. The Labute approximate surface area is 765 Å². The summed E-state index contributed by atoms with van der Waals surface area (Å²) in [6.45, 7) is 0. The van der Waals surface area contributed by atoms with Gasteiger partial charge < -0.3 is 4.57 Å². The predicted octanol–water partition coefficient (Wildman–Crippen LogP) is 26.9. The lowest BCUT2D eigenvalue weighted by Gasteiger charge is -2.30. The standard InChI is InChI=1S/C42H26N2.C30H20N4.C24H16N4.C23H17N2OP/c1-8-16-41-29(9-1)21-23-31-26-40(43-44(31)41)28-19-17-27(18-20-28)30-22-24-35-34-12-4-7-15-38(34)42(39(35)25-30)36-13-5-2-10-32(36)33-11-3-6-14-37(33)42;1-2-9-24(10-3-1)33-29-13-7-5-11-26(29)31-30(33)23-16-14-21(15-17-23)27-20-25-19-18-22-8-4-6-12-28(22)34(25)32-27;1-2-9-18(10-3-1)24-25-20-11-5-7-13-22(20)27(24)23-16-19-15-14-17-8-4-6-12-21(17)28(19)26-23;26-27(20-10-3-1-4-11-20,21-12-5-2-6-13-21)23-17-19-16-15-18-9-7-8-14-22(18)25(19)24-23/h1-26H;1-20H;1-16H;1-17H. The monoisotopic (exact) mass is 1720 g/mol. The Kier molecular flexibility index (Phi) is 18.8. The van der Waals surface area contributed by atoms with Gasteiger partial charge in [-0.25, -0.2) is 28.0 Å². The van der Waals surface area contributed by atoms with E-state index in [9.17, 15) is 4.57 Å². The third kappa shape index (κ3) is 13.1. The van der Waals surface area contributed by atoms with Crippen molar-refractivity contribution in [3.05, 3.63) is 501 Å². The van der Waals surface area contributed by atoms with E-state index in [1.54, 1.807) is 0 Å². The van der Waals surface area contributed by atoms with Crippen LogP contribution in [0.4, 0.5) is 0 Å². The number of aromatic nitrogens is 12. The molecule has 0 saturated heterocycles. The summed E-state index contributed by atoms with van der Waals surface area (Å²) in [4.78, 5) is 9.88. The van der Waals surface area contributed by atoms with Crippen molar-refractivity contribution in [2.75, 3.05) is 0 Å². The first kappa shape index (κ1) is 77.8. The maximum atomic E-state index is 14.4. The second-order valence-corrected chi connectivity index (χ2v) is 36.5. The van der Waals surface area contributed by atoms with Crippen molar-refractivity contribution in [2.45, 2.75) is 5.41 Å². The first-order valence-electron chi connectivity index (χ1n) is 44.7. The second-order valence-electron chi connectivity index (χ2n) is 33.8. The van der Waals surface area contributed by atoms with Gasteiger partial charge in [-0.05, 0) is 165 Å². The number of para-hydroxylation sites is 9. The molecule has 10 heterocycles. The Morgan fingerprint density at radius 3 is 1.05 bits per heavy atom. The van der Waals surface area contributed by atoms with Crippen LogP contribution in [0.2, 0.25) is 0 Å². The fraction of sp³-hybridized carbons (Fsp3) is 0.00840. The molecule has 0 aliphatic heterocycles. The van der Waals surface area contributed by atoms with Gasteiger partial charge in [0.05, 0.1) is 83.0 Å². The zero-order valence-corrected chi connectivity index (χ0v) is 72.7. The molecule has 0 radical (unpaired) electrons. The van der Waals surface area contributed by atoms with Crippen LogP contribution in [0.15, 0.2) is 479 Å². The zero-order chi connectivity index (χ0) is 88.1. The molecular weight excluding hydrogens is 1640 g/mol. The lowest BCUT2D eigenvalue weighted by molar-refractivity contribution is 0.592. The Morgan fingerprint density at radius 1 is 0.226 bits per heavy atom. The van der Waals surface area contributed by atoms with E-state index in [4.69, 9.17) is 30.4 Å². The molecule has 26 aromatic rings. The molecule has 0 unspecified atom stereocenters. The Morgan fingerprint density at radius 2 is 0.564 bits per heavy atom. The van der Waals surface area contributed by atoms with E-state index < -0.39 is 7.14 Å². The van der Waals surface area contributed by atoms with Crippen molar-refractivity contribution in [2.24, 2.45) is 0 Å². The first-order valence-corrected chi connectivity index (χ1v) is 46.5. The van der Waals surface area contributed by atoms with Crippen LogP contribution in [0.1, 0.15) is 22.3 Å². The predicted molar refractivity (Wildman–Crippen MR) is 543 cm³/mol. The van der Waals surface area contributed by atoms with Crippen molar-refractivity contribution < 1.29 is 4.57 Å². The van der Waals surface area contributed by atoms with Gasteiger partial charge in [-0.3, -0.25) is 9.13 Å². The van der Waals surface area contributed by atoms with Gasteiger partial charge in [0.15, 0.2) is 13.0 Å². The fourth-order valence-electron chi connectivity index (χ4n) is 20.0. The van der Waals surface area contributed by atoms with Crippen LogP contribution < -0.4 is 16.0 Å². The molecular formula is C119H79N12OP. The average Bonchev–Trinajstić information content (AvgIpc) is 1.51. The van der Waals surface area contributed by atoms with Crippen LogP contribution in [0.3, 0.4) is 0 Å². The third-order valence-corrected chi connectivity index (χ3v) is 29.1. The molecule has 0 amide bonds. The van der Waals surface area contributed by atoms with Crippen LogP contribution in [-0.2, 0) is 9.98 Å². The van der Waals surface area contributed by atoms with E-state index in [1.807, 2.05) is 164 Å². The highest BCUT2D eigenvalue weighted by Crippen LogP contribution is 2.63. The number of benzene rings is 16. The molecule has 10 aromatic heterocycles. The number of nitrogens with zero attached hydrogens (tertiary/aromatic N) is 12. The minimum absolute atomic E-state index is 0.325. The van der Waals surface area contributed by atoms with Gasteiger partial charge >= 0.3 is 0 Å². The summed E-state index contributed by atoms with van der Waals surface area (Å²) in [6.07, 6.45) is 0. The Bertz CT molecular complexity index is 8960. The van der Waals surface area contributed by atoms with Crippen LogP contribution in [-0.4, -0.2) is 57.6 Å². The third-order valence-electron chi connectivity index (χ3n) is 26.2. The quantitative estimate of drug-likeness (QED) is 0.125. The van der Waals surface area contributed by atoms with E-state index >= 15 is 0 Å². The van der Waals surface area contributed by atoms with E-state index in [-0.39, 0.29) is 5.41 Å². The molecule has 2 aliphatic rings. The van der Waals surface area contributed by atoms with Crippen molar-refractivity contribution in [1.82, 2.24) is 57.6 Å². The molecule has 2 aliphatic carbocycles. The molecule has 14 heteroatoms. The van der Waals surface area contributed by atoms with E-state index in [0.717, 1.165) is 139 Å². The van der Waals surface area contributed by atoms with Crippen molar-refractivity contribution in [1.29, 1.82) is 0 Å². The number of hydrogen-bond acceptors (Lipinski definition) is 7. The van der Waals surface area contributed by atoms with Gasteiger partial charge in [0.25, 0.3) is 0 Å². The fourth-order valence-corrected chi connectivity index (χ4v) is 22.6. The minimum atomic E-state index is -3.06. The van der Waals surface area contributed by atoms with Crippen molar-refractivity contribution in [3.63, 3.8) is 0 Å². The number of hydrogen-bond donors (Lipinski definition) is 0. The molecule has 28 rings (SSSR count). The summed E-state index contributed by atoms with van der Waals surface area (Å²) in [5, 5.41) is 25.9. The van der Waals surface area contributed by atoms with Gasteiger partial charge in [0.2, 0.25) is 0 Å². The molecule has 13 nitrogen and oxygen atoms in total. The van der Waals surface area contributed by atoms with Crippen LogP contribution in [0.5, 0.6) is 0 Å². The topological polar surface area (TPSA) is 122 Å². The molecule has 1 spiro atoms. The average molecular weight is 1720 g/mol. The van der Waals surface area contributed by atoms with Gasteiger partial charge in [0.1, 0.15) is 17.1 Å². The number of rotatable bonds is 10. The summed E-state index contributed by atoms with van der Waals surface area (Å²) in [5.41, 5.74) is 33.5. The van der Waals surface area contributed by atoms with Crippen LogP contribution in [0, 0.1) is 0 Å². The molecule has 626 valence electrons. The molecule has 0 atom stereocenters. The lowest BCUT2D eigenvalue weighted by atomic mass is 9.70. The SMILES string of the molecule is O=P(c1ccccc1)(c1ccccc1)c1cc2ccc3ccccc3n2n1.c1ccc(-c2nc3ccccc3n2-c2cc3ccc4ccccc4n3n2)cc1.c1ccc(-n2c(-c3ccc(-c4cc5ccc6ccccc6n5n4)cc3)nc3ccccc32)cc1.c1ccc2c(c1)-c1ccccc1C21c2ccccc2-c2ccc(-c3ccc(-c4cc5ccc6ccccc6n5n4)cc3)cc21. The lowest BCUT2D eigenvalue weighted by Crippen LogP contribution is -2.26. The summed E-state index contributed by atoms with van der Waals surface area (Å²) in [6, 6.07) is 166. The molecule has 0 fully saturated rings. The Balaban J connectivity index is 0.0000000970. The largest absolute Gasteiger partial charge is 0.307 e. The highest BCUT2D eigenvalue weighted by atomic mass is 31.2. The van der Waals surface area contributed by atoms with E-state index in [1.165, 1.54) is 71.8 Å². The minimum Gasteiger partial charge on any atom is -0.307 e. The summed E-state index contributed by atoms with van der Waals surface area (Å²) in [7, 11) is -3.06. The van der Waals surface area contributed by atoms with Gasteiger partial charge in [-0.2, -0.15) is 15.3 Å². The number of fused-ring (bicyclic) bond motifs is 24. The Hall–Kier alpha value is -17.5. The van der Waals surface area contributed by atoms with Gasteiger partial charge in [-0.1, -0.05) is 364 Å². The molecule has 133 heavy (non-hydrogen) atoms. The zero-order valence-electron chi connectivity index (χ0n) is 71.8. The van der Waals surface area contributed by atoms with E-state index in [2.05, 4.69) is 343 Å². The molecule has 0 N–H and O–H groups in total. The highest BCUT2D eigenvalue weighted by Gasteiger charge is 2.51. The van der Waals surface area contributed by atoms with Crippen LogP contribution >= 0.6 is 7.14 Å². The second kappa shape index (κ2) is 32.1. The van der Waals surface area contributed by atoms with E-state index in [0.29, 0.717) is 5.44 Å². The smallest absolute Gasteiger partial charge is 0.190 e. The first-order chi connectivity index (χ1) is 65.8. The maximum absolute atomic E-state index is 14.4. The van der Waals surface area contributed by atoms with Gasteiger partial charge in [-0.15, -0.1) is 5.10 Å². The normalized spacial score (nSPS) is 12.3. The summed E-state index contributed by atoms with van der Waals surface area (Å²) >= 11 is 0. The maximum Gasteiger partial charge on any atom is 0.190 e. The molecule has 0 saturated carbocycles. The van der Waals surface area contributed by atoms with Crippen molar-refractivity contribution in [3.8, 4) is 90.2 Å². The van der Waals surface area contributed by atoms with Crippen LogP contribution in [0.25, 0.3) is 178 Å². The number of imidazole rings is 2. The summed E-state index contributed by atoms with van der Waals surface area (Å²) in [5.74, 6) is 2.69. The number of pyridine rings is 4. The summed E-state index contributed by atoms with van der Waals surface area (Å²) < 4.78 is 26.8.